The molecule has 0 aliphatic heterocycles. The zero-order valence-corrected chi connectivity index (χ0v) is 9.26. The Hall–Kier alpha value is 1.39. The van der Waals surface area contributed by atoms with Gasteiger partial charge < -0.3 is 0 Å². The molecule has 0 bridgehead atoms. The molecule has 0 fully saturated rings. The summed E-state index contributed by atoms with van der Waals surface area (Å²) in [6, 6.07) is 0. The molecular formula is C4H13Br2P. The lowest BCUT2D eigenvalue weighted by atomic mass is 10.3. The molecule has 7 heavy (non-hydrogen) atoms. The van der Waals surface area contributed by atoms with Crippen molar-refractivity contribution in [2.45, 2.75) is 13.8 Å². The predicted molar refractivity (Wildman–Crippen MR) is 50.1 cm³/mol. The minimum atomic E-state index is 0. The average Bonchev–Trinajstić information content (AvgIpc) is 1.38. The van der Waals surface area contributed by atoms with E-state index in [-0.39, 0.29) is 34.0 Å². The highest BCUT2D eigenvalue weighted by Gasteiger charge is 1.80. The summed E-state index contributed by atoms with van der Waals surface area (Å²) in [6.45, 7) is 4.40. The van der Waals surface area contributed by atoms with Crippen molar-refractivity contribution in [1.29, 1.82) is 0 Å². The van der Waals surface area contributed by atoms with Crippen molar-refractivity contribution >= 4 is 43.2 Å². The maximum absolute atomic E-state index is 2.69. The summed E-state index contributed by atoms with van der Waals surface area (Å²) in [5.74, 6) is 0.847. The molecule has 0 rings (SSSR count). The molecule has 0 heterocycles. The van der Waals surface area contributed by atoms with Crippen LogP contribution in [0.5, 0.6) is 0 Å². The molecule has 1 unspecified atom stereocenters. The molecule has 0 aromatic rings. The Labute approximate surface area is 69.2 Å². The highest BCUT2D eigenvalue weighted by atomic mass is 79.9. The van der Waals surface area contributed by atoms with Crippen molar-refractivity contribution in [2.24, 2.45) is 5.92 Å². The zero-order valence-electron chi connectivity index (χ0n) is 4.68. The van der Waals surface area contributed by atoms with Gasteiger partial charge in [0.25, 0.3) is 0 Å². The molecule has 0 amide bonds. The predicted octanol–water partition coefficient (Wildman–Crippen LogP) is 2.67. The molecule has 0 radical (unpaired) electrons. The number of rotatable bonds is 1. The summed E-state index contributed by atoms with van der Waals surface area (Å²) >= 11 is 0. The van der Waals surface area contributed by atoms with E-state index in [9.17, 15) is 0 Å². The summed E-state index contributed by atoms with van der Waals surface area (Å²) in [4.78, 5) is 0. The third-order valence-corrected chi connectivity index (χ3v) is 1.41. The minimum Gasteiger partial charge on any atom is -0.137 e. The van der Waals surface area contributed by atoms with Crippen LogP contribution in [-0.2, 0) is 0 Å². The van der Waals surface area contributed by atoms with E-state index >= 15 is 0 Å². The normalized spacial score (nSPS) is 6.86. The highest BCUT2D eigenvalue weighted by molar-refractivity contribution is 8.93. The zero-order chi connectivity index (χ0) is 4.28. The van der Waals surface area contributed by atoms with Crippen LogP contribution in [0.15, 0.2) is 0 Å². The van der Waals surface area contributed by atoms with E-state index in [0.717, 1.165) is 5.92 Å². The maximum atomic E-state index is 2.69. The summed E-state index contributed by atoms with van der Waals surface area (Å²) in [5.41, 5.74) is 0. The van der Waals surface area contributed by atoms with Gasteiger partial charge in [-0.1, -0.05) is 13.8 Å². The monoisotopic (exact) mass is 250 g/mol. The Morgan fingerprint density at radius 2 is 1.43 bits per heavy atom. The molecule has 0 N–H and O–H groups in total. The van der Waals surface area contributed by atoms with Crippen molar-refractivity contribution in [2.75, 3.05) is 6.16 Å². The van der Waals surface area contributed by atoms with Crippen LogP contribution in [0.1, 0.15) is 13.8 Å². The van der Waals surface area contributed by atoms with Gasteiger partial charge in [-0.2, -0.15) is 0 Å². The Kier molecular flexibility index (Phi) is 23.4. The Morgan fingerprint density at radius 1 is 1.29 bits per heavy atom. The van der Waals surface area contributed by atoms with Crippen molar-refractivity contribution in [3.8, 4) is 0 Å². The smallest absolute Gasteiger partial charge is 0.0358 e. The van der Waals surface area contributed by atoms with Crippen molar-refractivity contribution in [3.05, 3.63) is 0 Å². The average molecular weight is 252 g/mol. The molecule has 1 atom stereocenters. The molecule has 0 aromatic carbocycles. The second-order valence-corrected chi connectivity index (χ2v) is 2.10. The molecule has 0 aromatic heterocycles. The first-order valence-corrected chi connectivity index (χ1v) is 2.79. The van der Waals surface area contributed by atoms with Gasteiger partial charge >= 0.3 is 0 Å². The van der Waals surface area contributed by atoms with Crippen LogP contribution in [0, 0.1) is 5.92 Å². The molecule has 48 valence electrons. The highest BCUT2D eigenvalue weighted by Crippen LogP contribution is 1.94. The van der Waals surface area contributed by atoms with Gasteiger partial charge in [-0.15, -0.1) is 43.2 Å². The second kappa shape index (κ2) is 10.4. The van der Waals surface area contributed by atoms with Crippen LogP contribution >= 0.6 is 43.2 Å². The quantitative estimate of drug-likeness (QED) is 0.629. The van der Waals surface area contributed by atoms with Crippen molar-refractivity contribution < 1.29 is 0 Å². The Morgan fingerprint density at radius 3 is 1.43 bits per heavy atom. The number of hydrogen-bond acceptors (Lipinski definition) is 0. The summed E-state index contributed by atoms with van der Waals surface area (Å²) in [6.07, 6.45) is 1.22. The van der Waals surface area contributed by atoms with Gasteiger partial charge in [0.15, 0.2) is 0 Å². The fourth-order valence-corrected chi connectivity index (χ4v) is 0. The SMILES string of the molecule is Br.Br.CC(C)CP. The first-order valence-electron chi connectivity index (χ1n) is 1.97. The summed E-state index contributed by atoms with van der Waals surface area (Å²) in [5, 5.41) is 0. The molecule has 0 aliphatic carbocycles. The van der Waals surface area contributed by atoms with Crippen molar-refractivity contribution in [1.82, 2.24) is 0 Å². The first-order chi connectivity index (χ1) is 2.27. The third-order valence-electron chi connectivity index (χ3n) is 0.471. The molecule has 0 spiro atoms. The summed E-state index contributed by atoms with van der Waals surface area (Å²) in [7, 11) is 2.69. The molecule has 0 saturated carbocycles. The van der Waals surface area contributed by atoms with Gasteiger partial charge in [0.1, 0.15) is 0 Å². The third kappa shape index (κ3) is 18.7. The lowest BCUT2D eigenvalue weighted by molar-refractivity contribution is 0.750. The van der Waals surface area contributed by atoms with Gasteiger partial charge in [-0.3, -0.25) is 0 Å². The van der Waals surface area contributed by atoms with E-state index in [2.05, 4.69) is 23.1 Å². The fraction of sp³-hybridized carbons (Fsp3) is 1.00. The van der Waals surface area contributed by atoms with E-state index in [1.807, 2.05) is 0 Å². The van der Waals surface area contributed by atoms with Crippen LogP contribution in [0.4, 0.5) is 0 Å². The molecular weight excluding hydrogens is 239 g/mol. The summed E-state index contributed by atoms with van der Waals surface area (Å²) < 4.78 is 0. The first kappa shape index (κ1) is 15.8. The van der Waals surface area contributed by atoms with E-state index in [0.29, 0.717) is 0 Å². The van der Waals surface area contributed by atoms with Gasteiger partial charge in [0, 0.05) is 0 Å². The van der Waals surface area contributed by atoms with E-state index in [4.69, 9.17) is 0 Å². The van der Waals surface area contributed by atoms with E-state index in [1.54, 1.807) is 0 Å². The topological polar surface area (TPSA) is 0 Å². The van der Waals surface area contributed by atoms with Crippen LogP contribution < -0.4 is 0 Å². The largest absolute Gasteiger partial charge is 0.137 e. The van der Waals surface area contributed by atoms with Crippen LogP contribution in [0.25, 0.3) is 0 Å². The van der Waals surface area contributed by atoms with Gasteiger partial charge in [0.05, 0.1) is 0 Å². The van der Waals surface area contributed by atoms with Crippen molar-refractivity contribution in [3.63, 3.8) is 0 Å². The van der Waals surface area contributed by atoms with Gasteiger partial charge in [-0.25, -0.2) is 0 Å². The van der Waals surface area contributed by atoms with Crippen LogP contribution in [0.2, 0.25) is 0 Å². The molecule has 3 heteroatoms. The van der Waals surface area contributed by atoms with Crippen LogP contribution in [-0.4, -0.2) is 6.16 Å². The lowest BCUT2D eigenvalue weighted by Gasteiger charge is -1.90. The standard InChI is InChI=1S/C4H11P.2BrH/c1-4(2)3-5;;/h4H,3,5H2,1-2H3;2*1H. The molecule has 0 nitrogen and oxygen atoms in total. The Bertz CT molecular complexity index is 23.7. The minimum absolute atomic E-state index is 0. The van der Waals surface area contributed by atoms with E-state index < -0.39 is 0 Å². The lowest BCUT2D eigenvalue weighted by Crippen LogP contribution is -1.82. The number of halogens is 2. The molecule has 0 saturated heterocycles. The maximum Gasteiger partial charge on any atom is -0.0358 e. The van der Waals surface area contributed by atoms with Gasteiger partial charge in [-0.05, 0) is 12.1 Å². The van der Waals surface area contributed by atoms with Crippen LogP contribution in [0.3, 0.4) is 0 Å². The van der Waals surface area contributed by atoms with Gasteiger partial charge in [0.2, 0.25) is 0 Å². The molecule has 0 aliphatic rings. The number of hydrogen-bond donors (Lipinski definition) is 0. The Balaban J connectivity index is -0.0000000800. The second-order valence-electron chi connectivity index (χ2n) is 1.63. The fourth-order valence-electron chi connectivity index (χ4n) is 0. The van der Waals surface area contributed by atoms with E-state index in [1.165, 1.54) is 6.16 Å².